The third kappa shape index (κ3) is 19.9. The highest BCUT2D eigenvalue weighted by atomic mass is 16.5. The van der Waals surface area contributed by atoms with Gasteiger partial charge in [0.25, 0.3) is 0 Å². The number of anilines is 1. The van der Waals surface area contributed by atoms with Gasteiger partial charge in [-0.3, -0.25) is 34.0 Å². The van der Waals surface area contributed by atoms with Gasteiger partial charge in [0, 0.05) is 84.3 Å². The van der Waals surface area contributed by atoms with Gasteiger partial charge in [-0.05, 0) is 18.6 Å². The highest BCUT2D eigenvalue weighted by Crippen LogP contribution is 2.17. The number of benzene rings is 1. The largest absolute Gasteiger partial charge is 0.494 e. The van der Waals surface area contributed by atoms with E-state index in [1.165, 1.54) is 0 Å². The maximum atomic E-state index is 12.7. The molecule has 46 heavy (non-hydrogen) atoms. The number of hydrogen-bond donors (Lipinski definition) is 5. The van der Waals surface area contributed by atoms with Crippen LogP contribution in [0.2, 0.25) is 0 Å². The quantitative estimate of drug-likeness (QED) is 0.0960. The van der Waals surface area contributed by atoms with E-state index in [0.29, 0.717) is 85.3 Å². The molecule has 1 aromatic carbocycles. The molecule has 0 saturated carbocycles. The lowest BCUT2D eigenvalue weighted by molar-refractivity contribution is -0.140. The van der Waals surface area contributed by atoms with Gasteiger partial charge in [0.05, 0.1) is 46.0 Å². The third-order valence-electron chi connectivity index (χ3n) is 7.09. The van der Waals surface area contributed by atoms with E-state index in [2.05, 4.69) is 17.6 Å². The highest BCUT2D eigenvalue weighted by molar-refractivity contribution is 5.78. The summed E-state index contributed by atoms with van der Waals surface area (Å²) in [5.74, 6) is -1.27. The number of carboxylic acid groups (broad SMARTS) is 2. The molecule has 0 atom stereocenters. The van der Waals surface area contributed by atoms with Gasteiger partial charge in [0.1, 0.15) is 12.0 Å². The van der Waals surface area contributed by atoms with E-state index in [1.807, 2.05) is 34.1 Å². The van der Waals surface area contributed by atoms with Crippen LogP contribution < -0.4 is 15.4 Å². The Morgan fingerprint density at radius 2 is 1.35 bits per heavy atom. The van der Waals surface area contributed by atoms with Crippen molar-refractivity contribution in [1.82, 2.24) is 24.9 Å². The van der Waals surface area contributed by atoms with Gasteiger partial charge < -0.3 is 40.2 Å². The second kappa shape index (κ2) is 25.8. The minimum absolute atomic E-state index is 0.124. The molecule has 1 amide bonds. The maximum Gasteiger partial charge on any atom is 0.317 e. The predicted molar refractivity (Wildman–Crippen MR) is 174 cm³/mol. The Bertz CT molecular complexity index is 1000. The van der Waals surface area contributed by atoms with Crippen molar-refractivity contribution in [2.45, 2.75) is 19.8 Å². The molecule has 1 fully saturated rings. The first kappa shape index (κ1) is 40.7. The number of amides is 1. The molecule has 0 unspecified atom stereocenters. The van der Waals surface area contributed by atoms with Gasteiger partial charge >= 0.3 is 11.9 Å². The molecular formula is C31H54N6O9. The minimum Gasteiger partial charge on any atom is -0.494 e. The molecule has 0 radical (unpaired) electrons. The van der Waals surface area contributed by atoms with Crippen LogP contribution in [0.25, 0.3) is 0 Å². The lowest BCUT2D eigenvalue weighted by Gasteiger charge is -2.32. The average Bonchev–Trinajstić information content (AvgIpc) is 3.02. The number of aliphatic carboxylic acids is 2. The Morgan fingerprint density at radius 1 is 0.804 bits per heavy atom. The van der Waals surface area contributed by atoms with Crippen molar-refractivity contribution in [3.8, 4) is 5.75 Å². The number of rotatable bonds is 19. The summed E-state index contributed by atoms with van der Waals surface area (Å²) in [5.41, 5.74) is 0.952. The Balaban J connectivity index is 0.00000518. The highest BCUT2D eigenvalue weighted by Gasteiger charge is 2.20. The Hall–Kier alpha value is -3.34. The third-order valence-corrected chi connectivity index (χ3v) is 7.09. The van der Waals surface area contributed by atoms with Gasteiger partial charge in [-0.1, -0.05) is 19.4 Å². The Morgan fingerprint density at radius 3 is 1.89 bits per heavy atom. The zero-order chi connectivity index (χ0) is 34.0. The number of aldehydes is 1. The van der Waals surface area contributed by atoms with Crippen LogP contribution in [0.3, 0.4) is 0 Å². The average molecular weight is 655 g/mol. The molecule has 1 aromatic rings. The number of carbonyl (C=O) groups is 4. The molecule has 2 rings (SSSR count). The van der Waals surface area contributed by atoms with E-state index >= 15 is 0 Å². The SMILES string of the molecule is CCCCOc1cccc(NCCOCCNC(=O)CN2CCN(CC=O)CCN(CC(=O)O)CCN(CC(=O)O)CC2)c1.CO. The maximum absolute atomic E-state index is 12.7. The normalized spacial score (nSPS) is 15.8. The first-order valence-corrected chi connectivity index (χ1v) is 15.8. The van der Waals surface area contributed by atoms with Crippen molar-refractivity contribution < 1.29 is 44.0 Å². The molecule has 5 N–H and O–H groups in total. The fourth-order valence-electron chi connectivity index (χ4n) is 4.64. The smallest absolute Gasteiger partial charge is 0.317 e. The van der Waals surface area contributed by atoms with E-state index in [4.69, 9.17) is 14.6 Å². The van der Waals surface area contributed by atoms with E-state index < -0.39 is 11.9 Å². The number of unbranched alkanes of at least 4 members (excludes halogenated alkanes) is 1. The molecule has 0 spiro atoms. The van der Waals surface area contributed by atoms with Crippen LogP contribution in [0.1, 0.15) is 19.8 Å². The van der Waals surface area contributed by atoms with E-state index in [1.54, 1.807) is 9.80 Å². The van der Waals surface area contributed by atoms with Gasteiger partial charge in [-0.2, -0.15) is 0 Å². The number of nitrogens with zero attached hydrogens (tertiary/aromatic N) is 4. The van der Waals surface area contributed by atoms with Crippen molar-refractivity contribution in [2.75, 3.05) is 124 Å². The number of hydrogen-bond acceptors (Lipinski definition) is 12. The second-order valence-corrected chi connectivity index (χ2v) is 10.7. The zero-order valence-corrected chi connectivity index (χ0v) is 27.4. The van der Waals surface area contributed by atoms with E-state index in [0.717, 1.165) is 37.7 Å². The molecule has 0 aromatic heterocycles. The number of aliphatic hydroxyl groups excluding tert-OH is 1. The topological polar surface area (TPSA) is 184 Å². The van der Waals surface area contributed by atoms with Crippen molar-refractivity contribution in [1.29, 1.82) is 0 Å². The zero-order valence-electron chi connectivity index (χ0n) is 27.4. The Labute approximate surface area is 272 Å². The van der Waals surface area contributed by atoms with Crippen molar-refractivity contribution in [3.63, 3.8) is 0 Å². The summed E-state index contributed by atoms with van der Waals surface area (Å²) in [5, 5.41) is 31.8. The first-order valence-electron chi connectivity index (χ1n) is 15.8. The molecule has 15 nitrogen and oxygen atoms in total. The van der Waals surface area contributed by atoms with Gasteiger partial charge in [-0.15, -0.1) is 0 Å². The summed E-state index contributed by atoms with van der Waals surface area (Å²) in [4.78, 5) is 54.1. The predicted octanol–water partition coefficient (Wildman–Crippen LogP) is -0.392. The monoisotopic (exact) mass is 654 g/mol. The lowest BCUT2D eigenvalue weighted by atomic mass is 10.3. The molecule has 15 heteroatoms. The van der Waals surface area contributed by atoms with Crippen LogP contribution in [-0.2, 0) is 23.9 Å². The van der Waals surface area contributed by atoms with E-state index in [9.17, 15) is 29.4 Å². The molecule has 262 valence electrons. The summed E-state index contributed by atoms with van der Waals surface area (Å²) in [6.45, 7) is 8.12. The number of carboxylic acids is 2. The van der Waals surface area contributed by atoms with Gasteiger partial charge in [0.15, 0.2) is 0 Å². The fraction of sp³-hybridized carbons (Fsp3) is 0.677. The molecule has 1 aliphatic rings. The summed E-state index contributed by atoms with van der Waals surface area (Å²) in [7, 11) is 1.00. The summed E-state index contributed by atoms with van der Waals surface area (Å²) >= 11 is 0. The van der Waals surface area contributed by atoms with Crippen LogP contribution in [0.15, 0.2) is 24.3 Å². The standard InChI is InChI=1S/C30H50N6O8.CH4O/c1-2-3-19-44-27-6-4-5-26(22-27)31-7-20-43-21-8-32-28(38)23-34-11-9-33(17-18-37)10-12-35(24-29(39)40)15-16-36(14-13-34)25-30(41)42;1-2/h4-6,18,22,31H,2-3,7-17,19-21,23-25H2,1H3,(H,32,38)(H,39,40)(H,41,42);2H,1H3. The second-order valence-electron chi connectivity index (χ2n) is 10.7. The molecule has 1 heterocycles. The van der Waals surface area contributed by atoms with E-state index in [-0.39, 0.29) is 32.1 Å². The number of nitrogens with one attached hydrogen (secondary N) is 2. The molecular weight excluding hydrogens is 600 g/mol. The summed E-state index contributed by atoms with van der Waals surface area (Å²) in [6, 6.07) is 7.81. The first-order chi connectivity index (χ1) is 22.3. The van der Waals surface area contributed by atoms with Crippen LogP contribution in [0.5, 0.6) is 5.75 Å². The lowest BCUT2D eigenvalue weighted by Crippen LogP contribution is -2.49. The van der Waals surface area contributed by atoms with Gasteiger partial charge in [-0.25, -0.2) is 0 Å². The summed E-state index contributed by atoms with van der Waals surface area (Å²) in [6.07, 6.45) is 2.91. The molecule has 1 saturated heterocycles. The molecule has 0 aliphatic carbocycles. The van der Waals surface area contributed by atoms with Crippen molar-refractivity contribution in [3.05, 3.63) is 24.3 Å². The number of carbonyl (C=O) groups excluding carboxylic acids is 2. The fourth-order valence-corrected chi connectivity index (χ4v) is 4.64. The van der Waals surface area contributed by atoms with Crippen molar-refractivity contribution in [2.24, 2.45) is 0 Å². The number of ether oxygens (including phenoxy) is 2. The van der Waals surface area contributed by atoms with Crippen LogP contribution in [0.4, 0.5) is 5.69 Å². The van der Waals surface area contributed by atoms with Crippen LogP contribution in [-0.4, -0.2) is 178 Å². The van der Waals surface area contributed by atoms with Crippen LogP contribution in [0, 0.1) is 0 Å². The molecule has 1 aliphatic heterocycles. The summed E-state index contributed by atoms with van der Waals surface area (Å²) < 4.78 is 11.4. The van der Waals surface area contributed by atoms with Crippen molar-refractivity contribution >= 4 is 29.8 Å². The molecule has 0 bridgehead atoms. The van der Waals surface area contributed by atoms with Crippen LogP contribution >= 0.6 is 0 Å². The number of aliphatic hydroxyl groups is 1. The Kier molecular flexibility index (Phi) is 22.8. The van der Waals surface area contributed by atoms with Gasteiger partial charge in [0.2, 0.25) is 5.91 Å². The minimum atomic E-state index is -0.969.